The smallest absolute Gasteiger partial charge is 0.0826 e. The Bertz CT molecular complexity index is 216. The summed E-state index contributed by atoms with van der Waals surface area (Å²) in [4.78, 5) is 0. The van der Waals surface area contributed by atoms with Gasteiger partial charge in [-0.25, -0.2) is 0 Å². The minimum Gasteiger partial charge on any atom is -0.388 e. The highest BCUT2D eigenvalue weighted by Crippen LogP contribution is 2.28. The molecule has 0 spiro atoms. The van der Waals surface area contributed by atoms with E-state index >= 15 is 0 Å². The molecule has 1 nitrogen and oxygen atoms in total. The maximum absolute atomic E-state index is 9.86. The van der Waals surface area contributed by atoms with Gasteiger partial charge in [-0.3, -0.25) is 0 Å². The molecule has 0 bridgehead atoms. The molecule has 0 radical (unpaired) electrons. The van der Waals surface area contributed by atoms with Crippen molar-refractivity contribution in [3.05, 3.63) is 22.4 Å². The molecule has 0 fully saturated rings. The average Bonchev–Trinajstić information content (AvgIpc) is 2.53. The van der Waals surface area contributed by atoms with Gasteiger partial charge in [0.1, 0.15) is 0 Å². The lowest BCUT2D eigenvalue weighted by Crippen LogP contribution is -2.14. The second-order valence-corrected chi connectivity index (χ2v) is 4.38. The van der Waals surface area contributed by atoms with E-state index in [-0.39, 0.29) is 6.10 Å². The van der Waals surface area contributed by atoms with Gasteiger partial charge in [-0.1, -0.05) is 20.8 Å². The van der Waals surface area contributed by atoms with Gasteiger partial charge < -0.3 is 5.11 Å². The number of aliphatic hydroxyl groups is 1. The fourth-order valence-electron chi connectivity index (χ4n) is 1.11. The zero-order valence-corrected chi connectivity index (χ0v) is 8.64. The van der Waals surface area contributed by atoms with Gasteiger partial charge in [0.25, 0.3) is 0 Å². The lowest BCUT2D eigenvalue weighted by molar-refractivity contribution is 0.0925. The van der Waals surface area contributed by atoms with E-state index in [1.807, 2.05) is 16.8 Å². The van der Waals surface area contributed by atoms with Crippen LogP contribution >= 0.6 is 11.3 Å². The van der Waals surface area contributed by atoms with Crippen molar-refractivity contribution in [2.45, 2.75) is 26.9 Å². The van der Waals surface area contributed by atoms with Gasteiger partial charge in [-0.15, -0.1) is 0 Å². The molecule has 12 heavy (non-hydrogen) atoms. The quantitative estimate of drug-likeness (QED) is 0.765. The Labute approximate surface area is 78.1 Å². The molecular weight excluding hydrogens is 168 g/mol. The van der Waals surface area contributed by atoms with Crippen LogP contribution in [-0.2, 0) is 0 Å². The number of hydrogen-bond donors (Lipinski definition) is 1. The first-order valence-electron chi connectivity index (χ1n) is 4.33. The standard InChI is InChI=1S/C10H16OS/c1-7(2)8(3)10(11)9-4-5-12-6-9/h4-8,10-11H,1-3H3. The predicted molar refractivity (Wildman–Crippen MR) is 53.3 cm³/mol. The van der Waals surface area contributed by atoms with Gasteiger partial charge in [0, 0.05) is 0 Å². The summed E-state index contributed by atoms with van der Waals surface area (Å²) in [6, 6.07) is 1.99. The minimum atomic E-state index is -0.295. The monoisotopic (exact) mass is 184 g/mol. The van der Waals surface area contributed by atoms with E-state index < -0.39 is 0 Å². The maximum Gasteiger partial charge on any atom is 0.0826 e. The lowest BCUT2D eigenvalue weighted by Gasteiger charge is -2.21. The van der Waals surface area contributed by atoms with Crippen LogP contribution in [0.15, 0.2) is 16.8 Å². The van der Waals surface area contributed by atoms with Crippen LogP contribution in [0.5, 0.6) is 0 Å². The fraction of sp³-hybridized carbons (Fsp3) is 0.600. The Morgan fingerprint density at radius 1 is 1.33 bits per heavy atom. The van der Waals surface area contributed by atoms with E-state index in [0.717, 1.165) is 5.56 Å². The van der Waals surface area contributed by atoms with Crippen molar-refractivity contribution < 1.29 is 5.11 Å². The number of hydrogen-bond acceptors (Lipinski definition) is 2. The van der Waals surface area contributed by atoms with Gasteiger partial charge in [0.15, 0.2) is 0 Å². The Morgan fingerprint density at radius 2 is 2.00 bits per heavy atom. The van der Waals surface area contributed by atoms with Crippen LogP contribution < -0.4 is 0 Å². The Hall–Kier alpha value is -0.340. The number of rotatable bonds is 3. The maximum atomic E-state index is 9.86. The highest BCUT2D eigenvalue weighted by Gasteiger charge is 2.19. The molecule has 2 atom stereocenters. The second kappa shape index (κ2) is 4.06. The Balaban J connectivity index is 2.65. The molecule has 0 aliphatic heterocycles. The minimum absolute atomic E-state index is 0.295. The summed E-state index contributed by atoms with van der Waals surface area (Å²) in [5.74, 6) is 0.861. The van der Waals surface area contributed by atoms with Crippen LogP contribution in [0.4, 0.5) is 0 Å². The molecule has 68 valence electrons. The van der Waals surface area contributed by atoms with E-state index in [4.69, 9.17) is 0 Å². The molecule has 0 saturated carbocycles. The molecule has 0 saturated heterocycles. The summed E-state index contributed by atoms with van der Waals surface area (Å²) in [5, 5.41) is 13.9. The first kappa shape index (κ1) is 9.75. The Morgan fingerprint density at radius 3 is 2.42 bits per heavy atom. The largest absolute Gasteiger partial charge is 0.388 e. The Kier molecular flexibility index (Phi) is 3.29. The SMILES string of the molecule is CC(C)C(C)C(O)c1ccsc1. The molecule has 0 aliphatic rings. The first-order chi connectivity index (χ1) is 5.63. The van der Waals surface area contributed by atoms with Crippen LogP contribution in [0, 0.1) is 11.8 Å². The van der Waals surface area contributed by atoms with Crippen LogP contribution in [0.3, 0.4) is 0 Å². The molecule has 0 aromatic carbocycles. The highest BCUT2D eigenvalue weighted by molar-refractivity contribution is 7.07. The van der Waals surface area contributed by atoms with Gasteiger partial charge in [-0.05, 0) is 34.2 Å². The van der Waals surface area contributed by atoms with Crippen molar-refractivity contribution in [3.8, 4) is 0 Å². The fourth-order valence-corrected chi connectivity index (χ4v) is 1.80. The van der Waals surface area contributed by atoms with Gasteiger partial charge in [0.2, 0.25) is 0 Å². The lowest BCUT2D eigenvalue weighted by atomic mass is 9.89. The third-order valence-corrected chi connectivity index (χ3v) is 3.14. The predicted octanol–water partition coefficient (Wildman–Crippen LogP) is 3.07. The molecule has 1 rings (SSSR count). The highest BCUT2D eigenvalue weighted by atomic mass is 32.1. The first-order valence-corrected chi connectivity index (χ1v) is 5.27. The van der Waals surface area contributed by atoms with E-state index in [1.165, 1.54) is 0 Å². The van der Waals surface area contributed by atoms with E-state index in [1.54, 1.807) is 11.3 Å². The summed E-state index contributed by atoms with van der Waals surface area (Å²) in [6.07, 6.45) is -0.295. The molecule has 2 unspecified atom stereocenters. The summed E-state index contributed by atoms with van der Waals surface area (Å²) in [7, 11) is 0. The van der Waals surface area contributed by atoms with Crippen LogP contribution in [0.2, 0.25) is 0 Å². The molecule has 1 aromatic heterocycles. The second-order valence-electron chi connectivity index (χ2n) is 3.60. The molecule has 2 heteroatoms. The van der Waals surface area contributed by atoms with Crippen LogP contribution in [0.1, 0.15) is 32.4 Å². The average molecular weight is 184 g/mol. The summed E-state index contributed by atoms with van der Waals surface area (Å²) >= 11 is 1.64. The van der Waals surface area contributed by atoms with Crippen molar-refractivity contribution in [2.75, 3.05) is 0 Å². The third kappa shape index (κ3) is 2.08. The van der Waals surface area contributed by atoms with Gasteiger partial charge in [0.05, 0.1) is 6.10 Å². The zero-order valence-electron chi connectivity index (χ0n) is 7.82. The summed E-state index contributed by atoms with van der Waals surface area (Å²) in [5.41, 5.74) is 1.06. The zero-order chi connectivity index (χ0) is 9.14. The van der Waals surface area contributed by atoms with E-state index in [0.29, 0.717) is 11.8 Å². The number of thiophene rings is 1. The topological polar surface area (TPSA) is 20.2 Å². The van der Waals surface area contributed by atoms with Gasteiger partial charge >= 0.3 is 0 Å². The molecule has 0 aliphatic carbocycles. The molecule has 0 amide bonds. The third-order valence-electron chi connectivity index (χ3n) is 2.43. The summed E-state index contributed by atoms with van der Waals surface area (Å²) in [6.45, 7) is 6.37. The van der Waals surface area contributed by atoms with Crippen molar-refractivity contribution in [3.63, 3.8) is 0 Å². The van der Waals surface area contributed by atoms with Crippen molar-refractivity contribution >= 4 is 11.3 Å². The van der Waals surface area contributed by atoms with E-state index in [9.17, 15) is 5.11 Å². The summed E-state index contributed by atoms with van der Waals surface area (Å²) < 4.78 is 0. The van der Waals surface area contributed by atoms with Crippen molar-refractivity contribution in [2.24, 2.45) is 11.8 Å². The molecule has 1 N–H and O–H groups in total. The van der Waals surface area contributed by atoms with Crippen LogP contribution in [-0.4, -0.2) is 5.11 Å². The molecular formula is C10H16OS. The van der Waals surface area contributed by atoms with Crippen molar-refractivity contribution in [1.82, 2.24) is 0 Å². The normalized spacial score (nSPS) is 16.4. The van der Waals surface area contributed by atoms with Crippen molar-refractivity contribution in [1.29, 1.82) is 0 Å². The van der Waals surface area contributed by atoms with Crippen LogP contribution in [0.25, 0.3) is 0 Å². The molecule has 1 heterocycles. The van der Waals surface area contributed by atoms with Gasteiger partial charge in [-0.2, -0.15) is 11.3 Å². The van der Waals surface area contributed by atoms with E-state index in [2.05, 4.69) is 20.8 Å². The molecule has 1 aromatic rings. The number of aliphatic hydroxyl groups excluding tert-OH is 1.